The van der Waals surface area contributed by atoms with Gasteiger partial charge in [-0.25, -0.2) is 4.39 Å². The summed E-state index contributed by atoms with van der Waals surface area (Å²) < 4.78 is 23.7. The quantitative estimate of drug-likeness (QED) is 0.896. The normalized spacial score (nSPS) is 19.5. The average molecular weight is 353 g/mol. The molecule has 0 radical (unpaired) electrons. The first-order valence-electron chi connectivity index (χ1n) is 6.62. The van der Waals surface area contributed by atoms with Crippen molar-refractivity contribution in [1.82, 2.24) is 4.90 Å². The van der Waals surface area contributed by atoms with Crippen molar-refractivity contribution in [1.29, 1.82) is 0 Å². The summed E-state index contributed by atoms with van der Waals surface area (Å²) in [5.41, 5.74) is 6.49. The van der Waals surface area contributed by atoms with Crippen LogP contribution in [0.4, 0.5) is 4.39 Å². The lowest BCUT2D eigenvalue weighted by Crippen LogP contribution is -2.50. The highest BCUT2D eigenvalue weighted by Gasteiger charge is 2.28. The van der Waals surface area contributed by atoms with E-state index in [2.05, 4.69) is 0 Å². The largest absolute Gasteiger partial charge is 0.383 e. The molecule has 1 aromatic carbocycles. The molecule has 1 amide bonds. The van der Waals surface area contributed by atoms with E-state index in [4.69, 9.17) is 26.8 Å². The third-order valence-electron chi connectivity index (χ3n) is 3.36. The number of hydrogen-bond donors (Lipinski definition) is 1. The van der Waals surface area contributed by atoms with Crippen LogP contribution in [0.2, 0.25) is 5.02 Å². The third-order valence-corrected chi connectivity index (χ3v) is 3.65. The molecule has 1 fully saturated rings. The van der Waals surface area contributed by atoms with Gasteiger partial charge in [0.1, 0.15) is 18.0 Å². The van der Waals surface area contributed by atoms with E-state index in [0.717, 1.165) is 5.56 Å². The lowest BCUT2D eigenvalue weighted by molar-refractivity contribution is -0.141. The van der Waals surface area contributed by atoms with Gasteiger partial charge in [0.05, 0.1) is 24.8 Å². The molecule has 1 heterocycles. The molecule has 2 unspecified atom stereocenters. The van der Waals surface area contributed by atoms with Crippen LogP contribution in [-0.4, -0.2) is 50.3 Å². The maximum absolute atomic E-state index is 13.2. The minimum absolute atomic E-state index is 0. The van der Waals surface area contributed by atoms with Crippen LogP contribution in [0.3, 0.4) is 0 Å². The molecule has 0 aliphatic carbocycles. The Labute approximate surface area is 139 Å². The number of hydrogen-bond acceptors (Lipinski definition) is 4. The number of nitrogens with two attached hydrogens (primary N) is 1. The maximum atomic E-state index is 13.2. The fourth-order valence-electron chi connectivity index (χ4n) is 2.25. The van der Waals surface area contributed by atoms with Crippen molar-refractivity contribution in [2.24, 2.45) is 5.73 Å². The highest BCUT2D eigenvalue weighted by atomic mass is 35.5. The minimum Gasteiger partial charge on any atom is -0.383 e. The first-order chi connectivity index (χ1) is 10.0. The van der Waals surface area contributed by atoms with E-state index in [1.165, 1.54) is 19.2 Å². The molecule has 1 saturated heterocycles. The lowest BCUT2D eigenvalue weighted by atomic mass is 10.1. The predicted molar refractivity (Wildman–Crippen MR) is 83.8 cm³/mol. The van der Waals surface area contributed by atoms with Crippen LogP contribution in [0.5, 0.6) is 0 Å². The summed E-state index contributed by atoms with van der Waals surface area (Å²) in [6, 6.07) is 3.73. The molecule has 0 saturated carbocycles. The Kier molecular flexibility index (Phi) is 7.52. The fourth-order valence-corrected chi connectivity index (χ4v) is 2.44. The zero-order valence-corrected chi connectivity index (χ0v) is 13.7. The number of amides is 1. The second kappa shape index (κ2) is 8.64. The number of morpholine rings is 1. The minimum atomic E-state index is -0.689. The van der Waals surface area contributed by atoms with E-state index in [9.17, 15) is 9.18 Å². The Morgan fingerprint density at radius 2 is 2.36 bits per heavy atom. The van der Waals surface area contributed by atoms with Gasteiger partial charge in [0, 0.05) is 13.7 Å². The van der Waals surface area contributed by atoms with Crippen LogP contribution < -0.4 is 5.73 Å². The molecule has 1 aromatic rings. The van der Waals surface area contributed by atoms with E-state index >= 15 is 0 Å². The molecule has 0 aromatic heterocycles. The molecule has 5 nitrogen and oxygen atoms in total. The summed E-state index contributed by atoms with van der Waals surface area (Å²) in [6.45, 7) is 1.40. The van der Waals surface area contributed by atoms with Gasteiger partial charge in [0.25, 0.3) is 0 Å². The van der Waals surface area contributed by atoms with Crippen molar-refractivity contribution in [2.45, 2.75) is 12.1 Å². The van der Waals surface area contributed by atoms with E-state index in [1.807, 2.05) is 0 Å². The molecule has 0 bridgehead atoms. The van der Waals surface area contributed by atoms with Crippen molar-refractivity contribution in [3.8, 4) is 0 Å². The summed E-state index contributed by atoms with van der Waals surface area (Å²) in [5.74, 6) is -0.662. The second-order valence-electron chi connectivity index (χ2n) is 4.88. The number of rotatable bonds is 4. The van der Waals surface area contributed by atoms with Crippen LogP contribution in [0.1, 0.15) is 11.7 Å². The van der Waals surface area contributed by atoms with Gasteiger partial charge < -0.3 is 20.1 Å². The molecular weight excluding hydrogens is 334 g/mol. The molecule has 0 spiro atoms. The highest BCUT2D eigenvalue weighted by Crippen LogP contribution is 2.26. The molecule has 2 rings (SSSR count). The SMILES string of the molecule is COCC(N)C(=O)N1CCOC(c2ccc(F)c(Cl)c2)C1.Cl. The van der Waals surface area contributed by atoms with Crippen molar-refractivity contribution in [3.05, 3.63) is 34.6 Å². The van der Waals surface area contributed by atoms with Gasteiger partial charge in [0.15, 0.2) is 0 Å². The Morgan fingerprint density at radius 1 is 1.64 bits per heavy atom. The maximum Gasteiger partial charge on any atom is 0.242 e. The first kappa shape index (κ1) is 19.1. The number of ether oxygens (including phenoxy) is 2. The molecular formula is C14H19Cl2FN2O3. The molecule has 1 aliphatic heterocycles. The molecule has 124 valence electrons. The smallest absolute Gasteiger partial charge is 0.242 e. The van der Waals surface area contributed by atoms with Gasteiger partial charge in [-0.1, -0.05) is 17.7 Å². The van der Waals surface area contributed by atoms with Gasteiger partial charge in [0.2, 0.25) is 5.91 Å². The average Bonchev–Trinajstić information content (AvgIpc) is 2.49. The highest BCUT2D eigenvalue weighted by molar-refractivity contribution is 6.30. The van der Waals surface area contributed by atoms with Crippen LogP contribution in [0.15, 0.2) is 18.2 Å². The summed E-state index contributed by atoms with van der Waals surface area (Å²) in [4.78, 5) is 13.8. The van der Waals surface area contributed by atoms with Gasteiger partial charge >= 0.3 is 0 Å². The molecule has 1 aliphatic rings. The van der Waals surface area contributed by atoms with Gasteiger partial charge in [-0.15, -0.1) is 12.4 Å². The summed E-state index contributed by atoms with van der Waals surface area (Å²) in [7, 11) is 1.50. The number of carbonyl (C=O) groups excluding carboxylic acids is 1. The fraction of sp³-hybridized carbons (Fsp3) is 0.500. The number of halogens is 3. The predicted octanol–water partition coefficient (Wildman–Crippen LogP) is 1.77. The Bertz CT molecular complexity index is 519. The van der Waals surface area contributed by atoms with E-state index in [-0.39, 0.29) is 36.0 Å². The Morgan fingerprint density at radius 3 is 3.00 bits per heavy atom. The number of benzene rings is 1. The van der Waals surface area contributed by atoms with Gasteiger partial charge in [-0.2, -0.15) is 0 Å². The Hall–Kier alpha value is -0.920. The second-order valence-corrected chi connectivity index (χ2v) is 5.29. The van der Waals surface area contributed by atoms with Crippen molar-refractivity contribution >= 4 is 29.9 Å². The zero-order valence-electron chi connectivity index (χ0n) is 12.1. The van der Waals surface area contributed by atoms with E-state index in [1.54, 1.807) is 11.0 Å². The van der Waals surface area contributed by atoms with Gasteiger partial charge in [-0.05, 0) is 17.7 Å². The Balaban J connectivity index is 0.00000242. The van der Waals surface area contributed by atoms with Crippen LogP contribution in [0, 0.1) is 5.82 Å². The summed E-state index contributed by atoms with van der Waals surface area (Å²) in [6.07, 6.45) is -0.337. The van der Waals surface area contributed by atoms with Gasteiger partial charge in [-0.3, -0.25) is 4.79 Å². The summed E-state index contributed by atoms with van der Waals surface area (Å²) >= 11 is 5.78. The van der Waals surface area contributed by atoms with E-state index < -0.39 is 11.9 Å². The molecule has 2 N–H and O–H groups in total. The van der Waals surface area contributed by atoms with Crippen LogP contribution in [-0.2, 0) is 14.3 Å². The topological polar surface area (TPSA) is 64.8 Å². The van der Waals surface area contributed by atoms with Crippen molar-refractivity contribution in [3.63, 3.8) is 0 Å². The molecule has 22 heavy (non-hydrogen) atoms. The number of nitrogens with zero attached hydrogens (tertiary/aromatic N) is 1. The monoisotopic (exact) mass is 352 g/mol. The van der Waals surface area contributed by atoms with E-state index in [0.29, 0.717) is 19.7 Å². The molecule has 8 heteroatoms. The first-order valence-corrected chi connectivity index (χ1v) is 7.00. The molecule has 2 atom stereocenters. The number of methoxy groups -OCH3 is 1. The van der Waals surface area contributed by atoms with Crippen molar-refractivity contribution < 1.29 is 18.7 Å². The van der Waals surface area contributed by atoms with Crippen LogP contribution >= 0.6 is 24.0 Å². The lowest BCUT2D eigenvalue weighted by Gasteiger charge is -2.34. The van der Waals surface area contributed by atoms with Crippen LogP contribution in [0.25, 0.3) is 0 Å². The number of carbonyl (C=O) groups is 1. The zero-order chi connectivity index (χ0) is 15.4. The standard InChI is InChI=1S/C14H18ClFN2O3.ClH/c1-20-8-12(17)14(19)18-4-5-21-13(7-18)9-2-3-11(16)10(15)6-9;/h2-3,6,12-13H,4-5,7-8,17H2,1H3;1H. The third kappa shape index (κ3) is 4.54. The van der Waals surface area contributed by atoms with Crippen molar-refractivity contribution in [2.75, 3.05) is 33.4 Å². The summed E-state index contributed by atoms with van der Waals surface area (Å²) in [5, 5.41) is 0.0376.